The number of hydrogen-bond acceptors (Lipinski definition) is 2. The number of anilines is 1. The Hall–Kier alpha value is -1.33. The van der Waals surface area contributed by atoms with Gasteiger partial charge in [-0.1, -0.05) is 17.7 Å². The Morgan fingerprint density at radius 1 is 1.50 bits per heavy atom. The second-order valence-electron chi connectivity index (χ2n) is 5.00. The highest BCUT2D eigenvalue weighted by Gasteiger charge is 2.28. The summed E-state index contributed by atoms with van der Waals surface area (Å²) >= 11 is 11.5. The highest BCUT2D eigenvalue weighted by molar-refractivity contribution is 7.80. The van der Waals surface area contributed by atoms with Gasteiger partial charge in [-0.15, -0.1) is 0 Å². The summed E-state index contributed by atoms with van der Waals surface area (Å²) in [6, 6.07) is 5.35. The fourth-order valence-corrected chi connectivity index (χ4v) is 2.85. The normalized spacial score (nSPS) is 18.7. The van der Waals surface area contributed by atoms with Gasteiger partial charge in [0.05, 0.1) is 0 Å². The first-order valence-corrected chi connectivity index (χ1v) is 7.41. The number of amides is 1. The number of nitrogens with zero attached hydrogens (tertiary/aromatic N) is 1. The molecule has 0 spiro atoms. The average Bonchev–Trinajstić information content (AvgIpc) is 2.43. The molecule has 0 saturated carbocycles. The van der Waals surface area contributed by atoms with Crippen molar-refractivity contribution in [3.05, 3.63) is 28.8 Å². The number of rotatable bonds is 2. The highest BCUT2D eigenvalue weighted by atomic mass is 35.5. The van der Waals surface area contributed by atoms with Gasteiger partial charge >= 0.3 is 0 Å². The molecule has 1 saturated heterocycles. The first kappa shape index (κ1) is 15.1. The molecule has 0 unspecified atom stereocenters. The maximum atomic E-state index is 11.5. The van der Waals surface area contributed by atoms with Gasteiger partial charge in [-0.3, -0.25) is 4.79 Å². The van der Waals surface area contributed by atoms with E-state index in [1.165, 1.54) is 0 Å². The van der Waals surface area contributed by atoms with Crippen LogP contribution in [0.1, 0.15) is 24.8 Å². The van der Waals surface area contributed by atoms with Crippen LogP contribution in [0.25, 0.3) is 0 Å². The van der Waals surface area contributed by atoms with Gasteiger partial charge in [0, 0.05) is 17.3 Å². The Morgan fingerprint density at radius 3 is 2.90 bits per heavy atom. The van der Waals surface area contributed by atoms with Crippen molar-refractivity contribution in [1.29, 1.82) is 0 Å². The zero-order chi connectivity index (χ0) is 14.7. The maximum absolute atomic E-state index is 11.5. The number of halogens is 1. The van der Waals surface area contributed by atoms with Gasteiger partial charge in [0.1, 0.15) is 6.04 Å². The molecule has 20 heavy (non-hydrogen) atoms. The topological polar surface area (TPSA) is 58.4 Å². The fraction of sp³-hybridized carbons (Fsp3) is 0.429. The first-order chi connectivity index (χ1) is 9.49. The SMILES string of the molecule is Cc1ccc(NC(=S)N2CCCC[C@H]2C(N)=O)cc1Cl. The molecule has 1 fully saturated rings. The molecule has 1 aliphatic rings. The van der Waals surface area contributed by atoms with Crippen LogP contribution in [0.4, 0.5) is 5.69 Å². The number of nitrogens with one attached hydrogen (secondary N) is 1. The summed E-state index contributed by atoms with van der Waals surface area (Å²) in [4.78, 5) is 13.4. The summed E-state index contributed by atoms with van der Waals surface area (Å²) < 4.78 is 0. The van der Waals surface area contributed by atoms with E-state index in [0.717, 1.165) is 37.1 Å². The number of hydrogen-bond donors (Lipinski definition) is 2. The van der Waals surface area contributed by atoms with Crippen LogP contribution in [0.2, 0.25) is 5.02 Å². The van der Waals surface area contributed by atoms with Gasteiger partial charge in [0.2, 0.25) is 5.91 Å². The predicted octanol–water partition coefficient (Wildman–Crippen LogP) is 2.69. The minimum absolute atomic E-state index is 0.315. The number of primary amides is 1. The van der Waals surface area contributed by atoms with Crippen LogP contribution in [-0.2, 0) is 4.79 Å². The molecule has 4 nitrogen and oxygen atoms in total. The molecule has 1 aromatic rings. The first-order valence-electron chi connectivity index (χ1n) is 6.62. The van der Waals surface area contributed by atoms with Crippen molar-refractivity contribution in [1.82, 2.24) is 4.90 Å². The summed E-state index contributed by atoms with van der Waals surface area (Å²) in [5.74, 6) is -0.323. The zero-order valence-electron chi connectivity index (χ0n) is 11.4. The van der Waals surface area contributed by atoms with Crippen molar-refractivity contribution in [3.63, 3.8) is 0 Å². The van der Waals surface area contributed by atoms with Gasteiger partial charge in [0.25, 0.3) is 0 Å². The summed E-state index contributed by atoms with van der Waals surface area (Å²) in [6.45, 7) is 2.69. The number of thiocarbonyl (C=S) groups is 1. The average molecular weight is 312 g/mol. The smallest absolute Gasteiger partial charge is 0.240 e. The number of aryl methyl sites for hydroxylation is 1. The van der Waals surface area contributed by atoms with Crippen molar-refractivity contribution in [2.24, 2.45) is 5.73 Å². The molecule has 108 valence electrons. The minimum Gasteiger partial charge on any atom is -0.368 e. The van der Waals surface area contributed by atoms with Crippen LogP contribution in [0.5, 0.6) is 0 Å². The summed E-state index contributed by atoms with van der Waals surface area (Å²) in [7, 11) is 0. The predicted molar refractivity (Wildman–Crippen MR) is 85.9 cm³/mol. The molecule has 0 radical (unpaired) electrons. The van der Waals surface area contributed by atoms with E-state index in [-0.39, 0.29) is 11.9 Å². The molecule has 1 aliphatic heterocycles. The van der Waals surface area contributed by atoms with Gasteiger partial charge < -0.3 is 16.0 Å². The number of likely N-dealkylation sites (tertiary alicyclic amines) is 1. The molecule has 1 aromatic carbocycles. The van der Waals surface area contributed by atoms with Crippen LogP contribution >= 0.6 is 23.8 Å². The third-order valence-corrected chi connectivity index (χ3v) is 4.26. The fourth-order valence-electron chi connectivity index (χ4n) is 2.34. The number of benzene rings is 1. The third kappa shape index (κ3) is 3.41. The van der Waals surface area contributed by atoms with Crippen molar-refractivity contribution in [2.45, 2.75) is 32.2 Å². The van der Waals surface area contributed by atoms with Crippen LogP contribution in [0, 0.1) is 6.92 Å². The van der Waals surface area contributed by atoms with Crippen LogP contribution in [0.15, 0.2) is 18.2 Å². The second-order valence-corrected chi connectivity index (χ2v) is 5.80. The quantitative estimate of drug-likeness (QED) is 0.825. The number of carbonyl (C=O) groups is 1. The standard InChI is InChI=1S/C14H18ClN3OS/c1-9-5-6-10(8-11(9)15)17-14(20)18-7-3-2-4-12(18)13(16)19/h5-6,8,12H,2-4,7H2,1H3,(H2,16,19)(H,17,20)/t12-/m0/s1. The van der Waals surface area contributed by atoms with Gasteiger partial charge in [-0.25, -0.2) is 0 Å². The Balaban J connectivity index is 2.09. The van der Waals surface area contributed by atoms with Crippen LogP contribution < -0.4 is 11.1 Å². The summed E-state index contributed by atoms with van der Waals surface area (Å²) in [5.41, 5.74) is 7.27. The van der Waals surface area contributed by atoms with E-state index in [0.29, 0.717) is 10.1 Å². The third-order valence-electron chi connectivity index (χ3n) is 3.52. The van der Waals surface area contributed by atoms with Crippen molar-refractivity contribution in [2.75, 3.05) is 11.9 Å². The monoisotopic (exact) mass is 311 g/mol. The van der Waals surface area contributed by atoms with Gasteiger partial charge in [-0.2, -0.15) is 0 Å². The van der Waals surface area contributed by atoms with Crippen molar-refractivity contribution >= 4 is 40.5 Å². The molecule has 2 rings (SSSR count). The number of piperidine rings is 1. The Labute approximate surface area is 129 Å². The van der Waals surface area contributed by atoms with Gasteiger partial charge in [-0.05, 0) is 56.1 Å². The molecule has 0 bridgehead atoms. The van der Waals surface area contributed by atoms with E-state index in [1.54, 1.807) is 0 Å². The van der Waals surface area contributed by atoms with E-state index in [9.17, 15) is 4.79 Å². The molecule has 3 N–H and O–H groups in total. The molecule has 1 amide bonds. The van der Waals surface area contributed by atoms with E-state index in [1.807, 2.05) is 30.0 Å². The molecular formula is C14H18ClN3OS. The maximum Gasteiger partial charge on any atom is 0.240 e. The molecule has 6 heteroatoms. The lowest BCUT2D eigenvalue weighted by atomic mass is 10.0. The molecular weight excluding hydrogens is 294 g/mol. The van der Waals surface area contributed by atoms with Crippen LogP contribution in [0.3, 0.4) is 0 Å². The Kier molecular flexibility index (Phi) is 4.83. The lowest BCUT2D eigenvalue weighted by molar-refractivity contribution is -0.122. The van der Waals surface area contributed by atoms with Gasteiger partial charge in [0.15, 0.2) is 5.11 Å². The lowest BCUT2D eigenvalue weighted by Gasteiger charge is -2.35. The van der Waals surface area contributed by atoms with Crippen molar-refractivity contribution < 1.29 is 4.79 Å². The lowest BCUT2D eigenvalue weighted by Crippen LogP contribution is -2.51. The van der Waals surface area contributed by atoms with E-state index < -0.39 is 0 Å². The zero-order valence-corrected chi connectivity index (χ0v) is 12.9. The number of nitrogens with two attached hydrogens (primary N) is 1. The van der Waals surface area contributed by atoms with E-state index >= 15 is 0 Å². The Bertz CT molecular complexity index is 535. The summed E-state index contributed by atoms with van der Waals surface area (Å²) in [5, 5.41) is 4.33. The van der Waals surface area contributed by atoms with E-state index in [4.69, 9.17) is 29.6 Å². The largest absolute Gasteiger partial charge is 0.368 e. The number of carbonyl (C=O) groups excluding carboxylic acids is 1. The van der Waals surface area contributed by atoms with Crippen LogP contribution in [-0.4, -0.2) is 28.5 Å². The second kappa shape index (κ2) is 6.41. The molecule has 1 heterocycles. The minimum atomic E-state index is -0.323. The molecule has 1 atom stereocenters. The highest BCUT2D eigenvalue weighted by Crippen LogP contribution is 2.22. The van der Waals surface area contributed by atoms with E-state index in [2.05, 4.69) is 5.32 Å². The summed E-state index contributed by atoms with van der Waals surface area (Å²) in [6.07, 6.45) is 2.77. The Morgan fingerprint density at radius 2 is 2.25 bits per heavy atom. The molecule has 0 aromatic heterocycles. The molecule has 0 aliphatic carbocycles. The van der Waals surface area contributed by atoms with Crippen molar-refractivity contribution in [3.8, 4) is 0 Å².